The van der Waals surface area contributed by atoms with Crippen molar-refractivity contribution in [2.45, 2.75) is 83.5 Å². The second-order valence-corrected chi connectivity index (χ2v) is 12.2. The Labute approximate surface area is 228 Å². The van der Waals surface area contributed by atoms with Crippen LogP contribution >= 0.6 is 0 Å². The fraction of sp³-hybridized carbons (Fsp3) is 0.633. The number of rotatable bonds is 4. The molecular weight excluding hydrogens is 502 g/mol. The van der Waals surface area contributed by atoms with Gasteiger partial charge in [-0.1, -0.05) is 42.8 Å². The third kappa shape index (κ3) is 3.70. The minimum Gasteiger partial charge on any atom is -0.461 e. The number of nitrogens with one attached hydrogen (secondary N) is 1. The van der Waals surface area contributed by atoms with Crippen LogP contribution in [0, 0.1) is 35.0 Å². The summed E-state index contributed by atoms with van der Waals surface area (Å²) in [5.41, 5.74) is -1.40. The number of aliphatic hydroxyl groups is 4. The van der Waals surface area contributed by atoms with E-state index in [1.165, 1.54) is 13.8 Å². The maximum absolute atomic E-state index is 14.3. The van der Waals surface area contributed by atoms with Crippen LogP contribution in [0.25, 0.3) is 0 Å². The molecule has 1 amide bonds. The van der Waals surface area contributed by atoms with E-state index in [9.17, 15) is 34.8 Å². The molecule has 4 aliphatic rings. The Morgan fingerprint density at radius 1 is 1.08 bits per heavy atom. The van der Waals surface area contributed by atoms with Crippen molar-refractivity contribution in [3.63, 3.8) is 0 Å². The lowest BCUT2D eigenvalue weighted by atomic mass is 9.43. The number of benzene rings is 1. The Morgan fingerprint density at radius 3 is 2.31 bits per heavy atom. The standard InChI is InChI=1S/C30H39NO8/c1-13-11-19-21(26(36)30(13,38)16(4)32)27(39-17(5)33)29-22(14(2)15(3)24(34)23(29)25(19)35)20(31-28(29)37)12-18-9-7-6-8-10-18/h6-10,13,19-27,34-36,38H,11-12H2,1-5H3,(H,31,37)/t13-,19+,20-,21-,22-,23+,24+,25-,26+,27+,29+,30+/m0/s1. The molecular formula is C30H39NO8. The van der Waals surface area contributed by atoms with Gasteiger partial charge in [0.2, 0.25) is 5.91 Å². The number of ether oxygens (including phenoxy) is 1. The van der Waals surface area contributed by atoms with Gasteiger partial charge in [-0.15, -0.1) is 0 Å². The van der Waals surface area contributed by atoms with Gasteiger partial charge in [0.25, 0.3) is 0 Å². The van der Waals surface area contributed by atoms with Crippen LogP contribution in [0.1, 0.15) is 46.6 Å². The predicted molar refractivity (Wildman–Crippen MR) is 140 cm³/mol. The van der Waals surface area contributed by atoms with Crippen LogP contribution in [0.3, 0.4) is 0 Å². The van der Waals surface area contributed by atoms with Gasteiger partial charge in [-0.25, -0.2) is 0 Å². The number of esters is 1. The third-order valence-corrected chi connectivity index (χ3v) is 10.5. The van der Waals surface area contributed by atoms with Crippen molar-refractivity contribution < 1.29 is 39.5 Å². The van der Waals surface area contributed by atoms with Gasteiger partial charge >= 0.3 is 5.97 Å². The molecule has 0 radical (unpaired) electrons. The average Bonchev–Trinajstić information content (AvgIpc) is 3.15. The van der Waals surface area contributed by atoms with E-state index in [0.29, 0.717) is 12.0 Å². The summed E-state index contributed by atoms with van der Waals surface area (Å²) in [4.78, 5) is 39.6. The lowest BCUT2D eigenvalue weighted by Gasteiger charge is -2.63. The first-order valence-corrected chi connectivity index (χ1v) is 13.8. The number of fused-ring (bicyclic) bond motifs is 1. The van der Waals surface area contributed by atoms with E-state index >= 15 is 0 Å². The first-order valence-electron chi connectivity index (χ1n) is 13.8. The quantitative estimate of drug-likeness (QED) is 0.279. The summed E-state index contributed by atoms with van der Waals surface area (Å²) in [5.74, 6) is -6.00. The molecule has 3 aliphatic carbocycles. The highest BCUT2D eigenvalue weighted by atomic mass is 16.5. The van der Waals surface area contributed by atoms with Crippen LogP contribution in [0.4, 0.5) is 0 Å². The summed E-state index contributed by atoms with van der Waals surface area (Å²) in [6.45, 7) is 7.67. The predicted octanol–water partition coefficient (Wildman–Crippen LogP) is 0.917. The summed E-state index contributed by atoms with van der Waals surface area (Å²) < 4.78 is 5.94. The van der Waals surface area contributed by atoms with Gasteiger partial charge in [0.05, 0.1) is 18.3 Å². The average molecular weight is 542 g/mol. The first kappa shape index (κ1) is 28.0. The van der Waals surface area contributed by atoms with Gasteiger partial charge in [-0.3, -0.25) is 14.4 Å². The van der Waals surface area contributed by atoms with Crippen molar-refractivity contribution in [2.75, 3.05) is 0 Å². The van der Waals surface area contributed by atoms with Gasteiger partial charge in [-0.05, 0) is 56.6 Å². The number of ketones is 1. The minimum absolute atomic E-state index is 0.136. The van der Waals surface area contributed by atoms with Crippen molar-refractivity contribution >= 4 is 17.7 Å². The number of hydrogen-bond acceptors (Lipinski definition) is 8. The van der Waals surface area contributed by atoms with Gasteiger partial charge in [0.1, 0.15) is 11.5 Å². The summed E-state index contributed by atoms with van der Waals surface area (Å²) in [6.07, 6.45) is -4.87. The van der Waals surface area contributed by atoms with E-state index in [4.69, 9.17) is 4.74 Å². The van der Waals surface area contributed by atoms with E-state index < -0.39 is 88.7 Å². The summed E-state index contributed by atoms with van der Waals surface area (Å²) in [5, 5.41) is 49.8. The fourth-order valence-electron chi connectivity index (χ4n) is 8.70. The zero-order valence-corrected chi connectivity index (χ0v) is 23.0. The molecule has 1 aromatic carbocycles. The van der Waals surface area contributed by atoms with Gasteiger partial charge in [0, 0.05) is 30.7 Å². The molecule has 5 rings (SSSR count). The van der Waals surface area contributed by atoms with Crippen molar-refractivity contribution in [2.24, 2.45) is 35.0 Å². The minimum atomic E-state index is -2.15. The molecule has 9 nitrogen and oxygen atoms in total. The molecule has 2 saturated carbocycles. The maximum atomic E-state index is 14.3. The molecule has 0 unspecified atom stereocenters. The van der Waals surface area contributed by atoms with E-state index in [2.05, 4.69) is 5.32 Å². The van der Waals surface area contributed by atoms with Crippen LogP contribution in [0.5, 0.6) is 0 Å². The second-order valence-electron chi connectivity index (χ2n) is 12.2. The normalized spacial score (nSPS) is 45.1. The Balaban J connectivity index is 1.74. The molecule has 9 heteroatoms. The lowest BCUT2D eigenvalue weighted by Crippen LogP contribution is -2.75. The highest BCUT2D eigenvalue weighted by Gasteiger charge is 2.77. The van der Waals surface area contributed by atoms with Crippen LogP contribution < -0.4 is 5.32 Å². The van der Waals surface area contributed by atoms with Gasteiger partial charge in [0.15, 0.2) is 11.4 Å². The van der Waals surface area contributed by atoms with E-state index in [0.717, 1.165) is 11.1 Å². The van der Waals surface area contributed by atoms with Crippen LogP contribution in [0.15, 0.2) is 41.5 Å². The Morgan fingerprint density at radius 2 is 1.72 bits per heavy atom. The number of hydrogen-bond donors (Lipinski definition) is 5. The molecule has 1 aromatic rings. The van der Waals surface area contributed by atoms with Crippen LogP contribution in [-0.2, 0) is 25.5 Å². The van der Waals surface area contributed by atoms with Crippen molar-refractivity contribution in [3.05, 3.63) is 47.0 Å². The van der Waals surface area contributed by atoms with Gasteiger partial charge in [-0.2, -0.15) is 0 Å². The SMILES string of the molecule is CC(=O)O[C@@H]1[C@H]2[C@@H](C[C@H](C)[C@@](O)(C(C)=O)[C@@H]2O)[C@H](O)[C@H]2[C@H](O)C(C)=C(C)[C@H]3[C@H](Cc4ccccc4)NC(=O)[C@]213. The summed E-state index contributed by atoms with van der Waals surface area (Å²) >= 11 is 0. The molecule has 0 bridgehead atoms. The first-order chi connectivity index (χ1) is 18.3. The molecule has 1 spiro atoms. The Kier molecular flexibility index (Phi) is 6.81. The topological polar surface area (TPSA) is 153 Å². The fourth-order valence-corrected chi connectivity index (χ4v) is 8.70. The van der Waals surface area contributed by atoms with Crippen molar-refractivity contribution in [1.29, 1.82) is 0 Å². The maximum Gasteiger partial charge on any atom is 0.302 e. The molecule has 3 fully saturated rings. The van der Waals surface area contributed by atoms with Crippen molar-refractivity contribution in [3.8, 4) is 0 Å². The summed E-state index contributed by atoms with van der Waals surface area (Å²) in [6, 6.07) is 9.16. The molecule has 1 saturated heterocycles. The number of aliphatic hydroxyl groups excluding tert-OH is 3. The van der Waals surface area contributed by atoms with Crippen LogP contribution in [-0.4, -0.2) is 74.1 Å². The van der Waals surface area contributed by atoms with Crippen molar-refractivity contribution in [1.82, 2.24) is 5.32 Å². The lowest BCUT2D eigenvalue weighted by molar-refractivity contribution is -0.267. The number of Topliss-reactive ketones (excluding diaryl/α,β-unsaturated/α-hetero) is 1. The molecule has 0 aromatic heterocycles. The number of carbonyl (C=O) groups excluding carboxylic acids is 3. The van der Waals surface area contributed by atoms with Gasteiger partial charge < -0.3 is 30.5 Å². The smallest absolute Gasteiger partial charge is 0.302 e. The Hall–Kier alpha value is -2.59. The Bertz CT molecular complexity index is 1210. The van der Waals surface area contributed by atoms with E-state index in [-0.39, 0.29) is 6.42 Å². The molecule has 39 heavy (non-hydrogen) atoms. The summed E-state index contributed by atoms with van der Waals surface area (Å²) in [7, 11) is 0. The van der Waals surface area contributed by atoms with E-state index in [1.807, 2.05) is 37.3 Å². The third-order valence-electron chi connectivity index (χ3n) is 10.5. The molecule has 212 valence electrons. The highest BCUT2D eigenvalue weighted by Crippen LogP contribution is 2.65. The second kappa shape index (κ2) is 9.51. The molecule has 1 heterocycles. The van der Waals surface area contributed by atoms with E-state index in [1.54, 1.807) is 13.8 Å². The zero-order chi connectivity index (χ0) is 28.6. The zero-order valence-electron chi connectivity index (χ0n) is 23.0. The molecule has 12 atom stereocenters. The molecule has 1 aliphatic heterocycles. The number of carbonyl (C=O) groups is 3. The van der Waals surface area contributed by atoms with Crippen LogP contribution in [0.2, 0.25) is 0 Å². The largest absolute Gasteiger partial charge is 0.461 e. The monoisotopic (exact) mass is 541 g/mol. The highest BCUT2D eigenvalue weighted by molar-refractivity contribution is 5.90. The number of amides is 1. The molecule has 5 N–H and O–H groups in total.